The van der Waals surface area contributed by atoms with Gasteiger partial charge in [-0.1, -0.05) is 123 Å². The minimum absolute atomic E-state index is 0. The Morgan fingerprint density at radius 3 is 1.00 bits per heavy atom. The van der Waals surface area contributed by atoms with Gasteiger partial charge in [0, 0.05) is 0 Å². The van der Waals surface area contributed by atoms with E-state index in [1.165, 1.54) is 122 Å². The van der Waals surface area contributed by atoms with Crippen molar-refractivity contribution in [3.63, 3.8) is 0 Å². The van der Waals surface area contributed by atoms with Crippen LogP contribution in [-0.2, 0) is 0 Å². The van der Waals surface area contributed by atoms with Crippen molar-refractivity contribution >= 4 is 12.4 Å². The van der Waals surface area contributed by atoms with E-state index in [4.69, 9.17) is 0 Å². The average Bonchev–Trinajstić information content (AvgIpc) is 2.56. The van der Waals surface area contributed by atoms with Crippen LogP contribution in [0.4, 0.5) is 0 Å². The molecule has 0 aromatic carbocycles. The molecule has 0 rings (SSSR count). The summed E-state index contributed by atoms with van der Waals surface area (Å²) in [4.78, 5) is 2.30. The normalized spacial score (nSPS) is 11.3. The van der Waals surface area contributed by atoms with E-state index in [-0.39, 0.29) is 12.4 Å². The molecule has 26 heavy (non-hydrogen) atoms. The lowest BCUT2D eigenvalue weighted by atomic mass is 10.0. The maximum absolute atomic E-state index is 2.34. The highest BCUT2D eigenvalue weighted by molar-refractivity contribution is 5.85. The molecule has 160 valence electrons. The first-order valence-electron chi connectivity index (χ1n) is 11.8. The topological polar surface area (TPSA) is 3.24 Å². The van der Waals surface area contributed by atoms with E-state index in [2.05, 4.69) is 32.8 Å². The van der Waals surface area contributed by atoms with Gasteiger partial charge in [0.05, 0.1) is 0 Å². The minimum atomic E-state index is 0. The van der Waals surface area contributed by atoms with Crippen molar-refractivity contribution < 1.29 is 0 Å². The van der Waals surface area contributed by atoms with E-state index in [9.17, 15) is 0 Å². The van der Waals surface area contributed by atoms with Gasteiger partial charge < -0.3 is 4.90 Å². The van der Waals surface area contributed by atoms with Crippen LogP contribution in [0, 0.1) is 5.92 Å². The van der Waals surface area contributed by atoms with Crippen LogP contribution in [0.2, 0.25) is 0 Å². The molecule has 0 radical (unpaired) electrons. The van der Waals surface area contributed by atoms with Gasteiger partial charge in [0.15, 0.2) is 0 Å². The van der Waals surface area contributed by atoms with Crippen LogP contribution in [-0.4, -0.2) is 25.5 Å². The summed E-state index contributed by atoms with van der Waals surface area (Å²) in [6.07, 6.45) is 26.3. The molecule has 0 saturated carbocycles. The monoisotopic (exact) mass is 389 g/mol. The number of hydrogen-bond donors (Lipinski definition) is 0. The standard InChI is InChI=1S/C24H51N.ClH/c1-24(2)22-20-18-16-14-12-10-8-6-5-7-9-11-13-15-17-19-21-23-25(3)4;/h24H,5-23H2,1-4H3;1H. The first kappa shape index (κ1) is 28.5. The fourth-order valence-corrected chi connectivity index (χ4v) is 3.63. The second-order valence-corrected chi connectivity index (χ2v) is 9.00. The second kappa shape index (κ2) is 23.3. The summed E-state index contributed by atoms with van der Waals surface area (Å²) in [5, 5.41) is 0. The minimum Gasteiger partial charge on any atom is -0.309 e. The van der Waals surface area contributed by atoms with Crippen LogP contribution in [0.1, 0.15) is 129 Å². The summed E-state index contributed by atoms with van der Waals surface area (Å²) < 4.78 is 0. The highest BCUT2D eigenvalue weighted by atomic mass is 35.5. The zero-order valence-electron chi connectivity index (χ0n) is 18.9. The highest BCUT2D eigenvalue weighted by Crippen LogP contribution is 2.15. The quantitative estimate of drug-likeness (QED) is 0.188. The molecular formula is C24H52ClN. The molecule has 0 atom stereocenters. The average molecular weight is 390 g/mol. The lowest BCUT2D eigenvalue weighted by Crippen LogP contribution is -2.12. The predicted molar refractivity (Wildman–Crippen MR) is 124 cm³/mol. The molecule has 0 amide bonds. The number of unbranched alkanes of at least 4 members (excludes halogenated alkanes) is 16. The SMILES string of the molecule is CC(C)CCCCCCCCCCCCCCCCCCCN(C)C.Cl. The fourth-order valence-electron chi connectivity index (χ4n) is 3.63. The molecule has 0 unspecified atom stereocenters. The van der Waals surface area contributed by atoms with E-state index in [1.807, 2.05) is 0 Å². The summed E-state index contributed by atoms with van der Waals surface area (Å²) >= 11 is 0. The van der Waals surface area contributed by atoms with Gasteiger partial charge in [0.25, 0.3) is 0 Å². The number of rotatable bonds is 20. The number of nitrogens with zero attached hydrogens (tertiary/aromatic N) is 1. The molecule has 0 N–H and O–H groups in total. The Morgan fingerprint density at radius 1 is 0.462 bits per heavy atom. The van der Waals surface area contributed by atoms with Gasteiger partial charge in [-0.3, -0.25) is 0 Å². The molecule has 0 spiro atoms. The summed E-state index contributed by atoms with van der Waals surface area (Å²) in [6.45, 7) is 5.94. The highest BCUT2D eigenvalue weighted by Gasteiger charge is 1.96. The van der Waals surface area contributed by atoms with E-state index in [0.717, 1.165) is 5.92 Å². The van der Waals surface area contributed by atoms with E-state index >= 15 is 0 Å². The van der Waals surface area contributed by atoms with E-state index in [0.29, 0.717) is 0 Å². The van der Waals surface area contributed by atoms with Gasteiger partial charge in [-0.05, 0) is 33.0 Å². The van der Waals surface area contributed by atoms with Crippen molar-refractivity contribution in [1.29, 1.82) is 0 Å². The van der Waals surface area contributed by atoms with Crippen molar-refractivity contribution in [3.8, 4) is 0 Å². The molecule has 0 aromatic rings. The molecule has 1 nitrogen and oxygen atoms in total. The van der Waals surface area contributed by atoms with Gasteiger partial charge in [0.2, 0.25) is 0 Å². The molecule has 0 aromatic heterocycles. The van der Waals surface area contributed by atoms with Crippen LogP contribution < -0.4 is 0 Å². The molecule has 0 saturated heterocycles. The molecule has 0 heterocycles. The smallest absolute Gasteiger partial charge is 0.00248 e. The molecule has 0 fully saturated rings. The third kappa shape index (κ3) is 26.5. The Hall–Kier alpha value is 0.250. The zero-order valence-corrected chi connectivity index (χ0v) is 19.7. The Kier molecular flexibility index (Phi) is 25.5. The first-order valence-corrected chi connectivity index (χ1v) is 11.8. The van der Waals surface area contributed by atoms with Crippen LogP contribution >= 0.6 is 12.4 Å². The van der Waals surface area contributed by atoms with Crippen LogP contribution in [0.15, 0.2) is 0 Å². The van der Waals surface area contributed by atoms with Crippen LogP contribution in [0.3, 0.4) is 0 Å². The summed E-state index contributed by atoms with van der Waals surface area (Å²) in [7, 11) is 4.35. The lowest BCUT2D eigenvalue weighted by Gasteiger charge is -2.08. The Balaban J connectivity index is 0. The first-order chi connectivity index (χ1) is 12.1. The van der Waals surface area contributed by atoms with Crippen molar-refractivity contribution in [2.24, 2.45) is 5.92 Å². The van der Waals surface area contributed by atoms with Crippen molar-refractivity contribution in [2.45, 2.75) is 129 Å². The fraction of sp³-hybridized carbons (Fsp3) is 1.00. The lowest BCUT2D eigenvalue weighted by molar-refractivity contribution is 0.389. The van der Waals surface area contributed by atoms with Gasteiger partial charge in [-0.15, -0.1) is 12.4 Å². The van der Waals surface area contributed by atoms with Crippen molar-refractivity contribution in [3.05, 3.63) is 0 Å². The Labute approximate surface area is 173 Å². The summed E-state index contributed by atoms with van der Waals surface area (Å²) in [5.41, 5.74) is 0. The maximum atomic E-state index is 2.34. The zero-order chi connectivity index (χ0) is 18.6. The molecule has 0 bridgehead atoms. The number of hydrogen-bond acceptors (Lipinski definition) is 1. The molecule has 0 aliphatic carbocycles. The summed E-state index contributed by atoms with van der Waals surface area (Å²) in [6, 6.07) is 0. The summed E-state index contributed by atoms with van der Waals surface area (Å²) in [5.74, 6) is 0.896. The second-order valence-electron chi connectivity index (χ2n) is 9.00. The number of halogens is 1. The van der Waals surface area contributed by atoms with Crippen molar-refractivity contribution in [1.82, 2.24) is 4.90 Å². The van der Waals surface area contributed by atoms with Gasteiger partial charge in [0.1, 0.15) is 0 Å². The largest absolute Gasteiger partial charge is 0.309 e. The Bertz CT molecular complexity index is 216. The third-order valence-electron chi connectivity index (χ3n) is 5.39. The molecule has 2 heteroatoms. The Morgan fingerprint density at radius 2 is 0.731 bits per heavy atom. The van der Waals surface area contributed by atoms with Gasteiger partial charge >= 0.3 is 0 Å². The third-order valence-corrected chi connectivity index (χ3v) is 5.39. The van der Waals surface area contributed by atoms with Gasteiger partial charge in [-0.25, -0.2) is 0 Å². The van der Waals surface area contributed by atoms with Crippen molar-refractivity contribution in [2.75, 3.05) is 20.6 Å². The van der Waals surface area contributed by atoms with Crippen LogP contribution in [0.25, 0.3) is 0 Å². The molecular weight excluding hydrogens is 338 g/mol. The predicted octanol–water partition coefficient (Wildman–Crippen LogP) is 8.65. The van der Waals surface area contributed by atoms with Gasteiger partial charge in [-0.2, -0.15) is 0 Å². The maximum Gasteiger partial charge on any atom is -0.00248 e. The van der Waals surface area contributed by atoms with E-state index in [1.54, 1.807) is 0 Å². The molecule has 0 aliphatic rings. The van der Waals surface area contributed by atoms with E-state index < -0.39 is 0 Å². The molecule has 0 aliphatic heterocycles. The van der Waals surface area contributed by atoms with Crippen LogP contribution in [0.5, 0.6) is 0 Å².